The Labute approximate surface area is 79.4 Å². The van der Waals surface area contributed by atoms with Crippen molar-refractivity contribution in [3.8, 4) is 0 Å². The molecule has 0 bridgehead atoms. The van der Waals surface area contributed by atoms with Gasteiger partial charge in [-0.25, -0.2) is 0 Å². The highest BCUT2D eigenvalue weighted by atomic mass is 16.3. The van der Waals surface area contributed by atoms with Crippen LogP contribution in [0.5, 0.6) is 0 Å². The van der Waals surface area contributed by atoms with Crippen LogP contribution in [0.2, 0.25) is 0 Å². The molecule has 69 valence electrons. The van der Waals surface area contributed by atoms with E-state index in [1.165, 1.54) is 6.42 Å². The lowest BCUT2D eigenvalue weighted by Crippen LogP contribution is -2.28. The van der Waals surface area contributed by atoms with Gasteiger partial charge in [-0.2, -0.15) is 0 Å². The van der Waals surface area contributed by atoms with Crippen molar-refractivity contribution in [2.75, 3.05) is 0 Å². The Hall–Kier alpha value is -0.820. The lowest BCUT2D eigenvalue weighted by molar-refractivity contribution is 0.0439. The maximum atomic E-state index is 10.3. The summed E-state index contributed by atoms with van der Waals surface area (Å²) in [5.41, 5.74) is 0.383. The third-order valence-corrected chi connectivity index (χ3v) is 2.77. The average molecular weight is 175 g/mol. The molecule has 0 saturated heterocycles. The summed E-state index contributed by atoms with van der Waals surface area (Å²) < 4.78 is 0. The third-order valence-electron chi connectivity index (χ3n) is 2.77. The molecular weight excluding hydrogens is 160 g/mol. The number of rotatable bonds is 1. The molecule has 1 fully saturated rings. The maximum Gasteiger partial charge on any atom is 0.0928 e. The number of hydrogen-bond donors (Lipinski definition) is 1. The Morgan fingerprint density at radius 3 is 2.46 bits per heavy atom. The Bertz CT molecular complexity index is 260. The van der Waals surface area contributed by atoms with Crippen LogP contribution in [0.4, 0.5) is 0 Å². The summed E-state index contributed by atoms with van der Waals surface area (Å²) >= 11 is 0. The highest BCUT2D eigenvalue weighted by Gasteiger charge is 2.30. The van der Waals surface area contributed by atoms with Gasteiger partial charge in [0.05, 0.1) is 5.60 Å². The fourth-order valence-electron chi connectivity index (χ4n) is 1.97. The molecule has 0 spiro atoms. The summed E-state index contributed by atoms with van der Waals surface area (Å²) in [7, 11) is 0. The predicted molar refractivity (Wildman–Crippen MR) is 53.1 cm³/mol. The van der Waals surface area contributed by atoms with Crippen LogP contribution in [-0.4, -0.2) is 5.11 Å². The topological polar surface area (TPSA) is 20.2 Å². The number of hydrogen-bond acceptors (Lipinski definition) is 1. The minimum atomic E-state index is -0.653. The molecule has 1 aliphatic rings. The van der Waals surface area contributed by atoms with Crippen molar-refractivity contribution in [1.82, 2.24) is 0 Å². The summed E-state index contributed by atoms with van der Waals surface area (Å²) in [5, 5.41) is 10.3. The molecule has 1 nitrogen and oxygen atoms in total. The molecule has 1 aromatic carbocycles. The Kier molecular flexibility index (Phi) is 2.36. The molecule has 0 aromatic heterocycles. The van der Waals surface area contributed by atoms with E-state index in [0.29, 0.717) is 0 Å². The fourth-order valence-corrected chi connectivity index (χ4v) is 1.97. The van der Waals surface area contributed by atoms with E-state index in [1.807, 2.05) is 36.8 Å². The molecule has 1 unspecified atom stereocenters. The monoisotopic (exact) mass is 175 g/mol. The van der Waals surface area contributed by atoms with Gasteiger partial charge in [-0.15, -0.1) is 0 Å². The van der Waals surface area contributed by atoms with Gasteiger partial charge >= 0.3 is 0 Å². The molecule has 1 heteroatoms. The van der Waals surface area contributed by atoms with Crippen LogP contribution in [0.15, 0.2) is 30.3 Å². The molecule has 0 aliphatic heterocycles. The van der Waals surface area contributed by atoms with Gasteiger partial charge in [-0.3, -0.25) is 0 Å². The largest absolute Gasteiger partial charge is 0.385 e. The maximum absolute atomic E-state index is 10.3. The normalized spacial score (nSPS) is 21.3. The quantitative estimate of drug-likeness (QED) is 0.695. The fraction of sp³-hybridized carbons (Fsp3) is 0.417. The van der Waals surface area contributed by atoms with E-state index in [4.69, 9.17) is 0 Å². The smallest absolute Gasteiger partial charge is 0.0928 e. The van der Waals surface area contributed by atoms with Crippen LogP contribution in [0.3, 0.4) is 0 Å². The standard InChI is InChI=1S/C12H15O/c13-12(9-5-2-6-10-12)11-7-3-1-4-8-11/h1,3-4,7-9,13H,2,5-6,10H2. The summed E-state index contributed by atoms with van der Waals surface area (Å²) in [6.45, 7) is 0. The van der Waals surface area contributed by atoms with Crippen molar-refractivity contribution < 1.29 is 5.11 Å². The molecule has 1 atom stereocenters. The highest BCUT2D eigenvalue weighted by molar-refractivity contribution is 5.26. The average Bonchev–Trinajstić information content (AvgIpc) is 2.20. The van der Waals surface area contributed by atoms with Crippen molar-refractivity contribution in [2.45, 2.75) is 31.3 Å². The minimum Gasteiger partial charge on any atom is -0.385 e. The van der Waals surface area contributed by atoms with Gasteiger partial charge in [-0.05, 0) is 24.8 Å². The first kappa shape index (κ1) is 8.76. The van der Waals surface area contributed by atoms with Crippen molar-refractivity contribution in [3.05, 3.63) is 42.3 Å². The second-order valence-corrected chi connectivity index (χ2v) is 3.74. The van der Waals surface area contributed by atoms with Crippen molar-refractivity contribution in [3.63, 3.8) is 0 Å². The number of benzene rings is 1. The van der Waals surface area contributed by atoms with E-state index >= 15 is 0 Å². The molecule has 1 aromatic rings. The van der Waals surface area contributed by atoms with Gasteiger partial charge in [0.1, 0.15) is 0 Å². The van der Waals surface area contributed by atoms with Crippen LogP contribution < -0.4 is 0 Å². The summed E-state index contributed by atoms with van der Waals surface area (Å²) in [4.78, 5) is 0. The van der Waals surface area contributed by atoms with E-state index in [1.54, 1.807) is 0 Å². The molecule has 0 amide bonds. The molecular formula is C12H15O. The second kappa shape index (κ2) is 3.51. The zero-order valence-electron chi connectivity index (χ0n) is 7.74. The summed E-state index contributed by atoms with van der Waals surface area (Å²) in [6, 6.07) is 9.95. The third kappa shape index (κ3) is 1.75. The lowest BCUT2D eigenvalue weighted by atomic mass is 9.80. The first-order valence-electron chi connectivity index (χ1n) is 4.93. The van der Waals surface area contributed by atoms with Crippen molar-refractivity contribution in [1.29, 1.82) is 0 Å². The highest BCUT2D eigenvalue weighted by Crippen LogP contribution is 2.35. The van der Waals surface area contributed by atoms with E-state index in [2.05, 4.69) is 0 Å². The van der Waals surface area contributed by atoms with E-state index in [-0.39, 0.29) is 0 Å². The molecule has 0 heterocycles. The molecule has 1 N–H and O–H groups in total. The minimum absolute atomic E-state index is 0.653. The Morgan fingerprint density at radius 2 is 1.85 bits per heavy atom. The van der Waals surface area contributed by atoms with Crippen molar-refractivity contribution >= 4 is 0 Å². The van der Waals surface area contributed by atoms with Gasteiger partial charge in [-0.1, -0.05) is 43.2 Å². The van der Waals surface area contributed by atoms with Crippen LogP contribution in [0, 0.1) is 6.42 Å². The first-order chi connectivity index (χ1) is 6.31. The molecule has 2 rings (SSSR count). The zero-order chi connectivity index (χ0) is 9.15. The van der Waals surface area contributed by atoms with Crippen LogP contribution in [0.1, 0.15) is 31.2 Å². The first-order valence-corrected chi connectivity index (χ1v) is 4.93. The van der Waals surface area contributed by atoms with E-state index < -0.39 is 5.60 Å². The number of aliphatic hydroxyl groups is 1. The van der Waals surface area contributed by atoms with E-state index in [0.717, 1.165) is 24.8 Å². The van der Waals surface area contributed by atoms with Gasteiger partial charge in [0.2, 0.25) is 0 Å². The van der Waals surface area contributed by atoms with E-state index in [9.17, 15) is 5.11 Å². The van der Waals surface area contributed by atoms with Gasteiger partial charge in [0, 0.05) is 0 Å². The van der Waals surface area contributed by atoms with Gasteiger partial charge < -0.3 is 5.11 Å². The molecule has 1 radical (unpaired) electrons. The summed E-state index contributed by atoms with van der Waals surface area (Å²) in [6.07, 6.45) is 6.30. The second-order valence-electron chi connectivity index (χ2n) is 3.74. The molecule has 1 saturated carbocycles. The molecule has 13 heavy (non-hydrogen) atoms. The summed E-state index contributed by atoms with van der Waals surface area (Å²) in [5.74, 6) is 0. The SMILES string of the molecule is OC1(c2ccccc2)[CH]CCCC1. The zero-order valence-corrected chi connectivity index (χ0v) is 7.74. The predicted octanol–water partition coefficient (Wildman–Crippen LogP) is 2.65. The van der Waals surface area contributed by atoms with Crippen molar-refractivity contribution in [2.24, 2.45) is 0 Å². The van der Waals surface area contributed by atoms with Gasteiger partial charge in [0.15, 0.2) is 0 Å². The van der Waals surface area contributed by atoms with Crippen LogP contribution in [-0.2, 0) is 5.60 Å². The Balaban J connectivity index is 2.23. The van der Waals surface area contributed by atoms with Crippen LogP contribution in [0.25, 0.3) is 0 Å². The van der Waals surface area contributed by atoms with Gasteiger partial charge in [0.25, 0.3) is 0 Å². The Morgan fingerprint density at radius 1 is 1.08 bits per heavy atom. The van der Waals surface area contributed by atoms with Crippen LogP contribution >= 0.6 is 0 Å². The lowest BCUT2D eigenvalue weighted by Gasteiger charge is -2.32. The molecule has 1 aliphatic carbocycles.